The molecule has 4 nitrogen and oxygen atoms in total. The summed E-state index contributed by atoms with van der Waals surface area (Å²) in [7, 11) is 1.59. The van der Waals surface area contributed by atoms with Gasteiger partial charge in [0.25, 0.3) is 0 Å². The molecule has 0 saturated heterocycles. The minimum absolute atomic E-state index is 0.568. The zero-order chi connectivity index (χ0) is 10.1. The molecule has 2 aromatic rings. The van der Waals surface area contributed by atoms with Crippen LogP contribution in [0, 0.1) is 0 Å². The first kappa shape index (κ1) is 9.45. The normalized spacial score (nSPS) is 10.8. The van der Waals surface area contributed by atoms with E-state index in [9.17, 15) is 0 Å². The summed E-state index contributed by atoms with van der Waals surface area (Å²) < 4.78 is 7.97. The van der Waals surface area contributed by atoms with E-state index in [1.54, 1.807) is 13.4 Å². The van der Waals surface area contributed by atoms with Crippen LogP contribution in [0.15, 0.2) is 16.9 Å². The largest absolute Gasteiger partial charge is 0.480 e. The Hall–Kier alpha value is -1.10. The fourth-order valence-corrected chi connectivity index (χ4v) is 1.81. The van der Waals surface area contributed by atoms with Gasteiger partial charge in [0.05, 0.1) is 23.4 Å². The molecule has 5 heteroatoms. The molecular weight excluding hydrogens is 246 g/mol. The van der Waals surface area contributed by atoms with Crippen LogP contribution in [0.3, 0.4) is 0 Å². The monoisotopic (exact) mass is 255 g/mol. The van der Waals surface area contributed by atoms with Crippen molar-refractivity contribution in [1.29, 1.82) is 0 Å². The van der Waals surface area contributed by atoms with Crippen molar-refractivity contribution in [2.24, 2.45) is 0 Å². The second-order valence-electron chi connectivity index (χ2n) is 2.85. The molecule has 0 amide bonds. The van der Waals surface area contributed by atoms with Crippen LogP contribution in [0.5, 0.6) is 5.88 Å². The summed E-state index contributed by atoms with van der Waals surface area (Å²) in [6, 6.07) is 1.97. The number of imidazole rings is 1. The lowest BCUT2D eigenvalue weighted by Gasteiger charge is -2.02. The topological polar surface area (TPSA) is 39.9 Å². The van der Waals surface area contributed by atoms with E-state index in [1.807, 2.05) is 10.6 Å². The van der Waals surface area contributed by atoms with E-state index in [-0.39, 0.29) is 0 Å². The Balaban J connectivity index is 2.69. The Morgan fingerprint density at radius 1 is 1.57 bits per heavy atom. The van der Waals surface area contributed by atoms with Crippen LogP contribution in [0.2, 0.25) is 0 Å². The first-order valence-electron chi connectivity index (χ1n) is 4.31. The van der Waals surface area contributed by atoms with Crippen LogP contribution < -0.4 is 4.74 Å². The molecule has 0 bridgehead atoms. The number of halogens is 1. The molecule has 0 unspecified atom stereocenters. The maximum absolute atomic E-state index is 5.09. The average Bonchev–Trinajstić information content (AvgIpc) is 2.58. The summed E-state index contributed by atoms with van der Waals surface area (Å²) in [6.45, 7) is 2.95. The van der Waals surface area contributed by atoms with Gasteiger partial charge in [-0.3, -0.25) is 0 Å². The summed E-state index contributed by atoms with van der Waals surface area (Å²) in [4.78, 5) is 8.45. The van der Waals surface area contributed by atoms with Gasteiger partial charge in [0, 0.05) is 6.54 Å². The Morgan fingerprint density at radius 3 is 3.00 bits per heavy atom. The molecule has 0 atom stereocenters. The van der Waals surface area contributed by atoms with Gasteiger partial charge in [0.2, 0.25) is 5.88 Å². The van der Waals surface area contributed by atoms with Crippen molar-refractivity contribution in [1.82, 2.24) is 14.5 Å². The summed E-state index contributed by atoms with van der Waals surface area (Å²) in [5, 5.41) is 0. The number of aromatic nitrogens is 3. The van der Waals surface area contributed by atoms with Gasteiger partial charge < -0.3 is 9.30 Å². The SMILES string of the molecule is CCn1cnc2nc(OC)c(Br)cc21. The van der Waals surface area contributed by atoms with Crippen molar-refractivity contribution in [3.63, 3.8) is 0 Å². The molecule has 0 aromatic carbocycles. The summed E-state index contributed by atoms with van der Waals surface area (Å²) >= 11 is 3.40. The number of rotatable bonds is 2. The quantitative estimate of drug-likeness (QED) is 0.827. The van der Waals surface area contributed by atoms with E-state index in [2.05, 4.69) is 32.8 Å². The molecule has 0 aliphatic heterocycles. The standard InChI is InChI=1S/C9H10BrN3O/c1-3-13-5-11-8-7(13)4-6(10)9(12-8)14-2/h4-5H,3H2,1-2H3. The third-order valence-corrected chi connectivity index (χ3v) is 2.64. The number of nitrogens with zero attached hydrogens (tertiary/aromatic N) is 3. The Kier molecular flexibility index (Phi) is 2.41. The molecule has 2 aromatic heterocycles. The van der Waals surface area contributed by atoms with Crippen LogP contribution in [-0.4, -0.2) is 21.6 Å². The van der Waals surface area contributed by atoms with Crippen LogP contribution >= 0.6 is 15.9 Å². The van der Waals surface area contributed by atoms with Gasteiger partial charge in [-0.2, -0.15) is 4.98 Å². The summed E-state index contributed by atoms with van der Waals surface area (Å²) in [5.41, 5.74) is 1.73. The summed E-state index contributed by atoms with van der Waals surface area (Å²) in [5.74, 6) is 0.568. The maximum atomic E-state index is 5.09. The number of hydrogen-bond donors (Lipinski definition) is 0. The number of hydrogen-bond acceptors (Lipinski definition) is 3. The van der Waals surface area contributed by atoms with Gasteiger partial charge >= 0.3 is 0 Å². The Labute approximate surface area is 90.0 Å². The number of pyridine rings is 1. The van der Waals surface area contributed by atoms with Crippen molar-refractivity contribution < 1.29 is 4.74 Å². The molecule has 74 valence electrons. The molecule has 2 heterocycles. The number of fused-ring (bicyclic) bond motifs is 1. The van der Waals surface area contributed by atoms with Crippen molar-refractivity contribution in [3.8, 4) is 5.88 Å². The molecule has 0 aliphatic rings. The molecule has 0 aliphatic carbocycles. The maximum Gasteiger partial charge on any atom is 0.229 e. The predicted molar refractivity (Wildman–Crippen MR) is 57.5 cm³/mol. The fraction of sp³-hybridized carbons (Fsp3) is 0.333. The van der Waals surface area contributed by atoms with E-state index in [1.165, 1.54) is 0 Å². The number of aryl methyl sites for hydroxylation is 1. The highest BCUT2D eigenvalue weighted by atomic mass is 79.9. The lowest BCUT2D eigenvalue weighted by atomic mass is 10.4. The van der Waals surface area contributed by atoms with Gasteiger partial charge in [0.1, 0.15) is 0 Å². The highest BCUT2D eigenvalue weighted by molar-refractivity contribution is 9.10. The highest BCUT2D eigenvalue weighted by Crippen LogP contribution is 2.26. The average molecular weight is 256 g/mol. The van der Waals surface area contributed by atoms with Gasteiger partial charge in [-0.1, -0.05) is 0 Å². The first-order valence-corrected chi connectivity index (χ1v) is 5.11. The molecule has 2 rings (SSSR count). The van der Waals surface area contributed by atoms with Crippen molar-refractivity contribution in [2.45, 2.75) is 13.5 Å². The number of methoxy groups -OCH3 is 1. The second-order valence-corrected chi connectivity index (χ2v) is 3.71. The van der Waals surface area contributed by atoms with E-state index in [0.717, 1.165) is 16.5 Å². The predicted octanol–water partition coefficient (Wildman–Crippen LogP) is 2.22. The molecule has 0 fully saturated rings. The van der Waals surface area contributed by atoms with Crippen LogP contribution in [0.1, 0.15) is 6.92 Å². The number of ether oxygens (including phenoxy) is 1. The van der Waals surface area contributed by atoms with Crippen molar-refractivity contribution >= 4 is 27.1 Å². The zero-order valence-corrected chi connectivity index (χ0v) is 9.58. The molecule has 0 saturated carbocycles. The first-order chi connectivity index (χ1) is 6.76. The highest BCUT2D eigenvalue weighted by Gasteiger charge is 2.08. The second kappa shape index (κ2) is 3.57. The third-order valence-electron chi connectivity index (χ3n) is 2.07. The van der Waals surface area contributed by atoms with Gasteiger partial charge in [-0.15, -0.1) is 0 Å². The third kappa shape index (κ3) is 1.37. The van der Waals surface area contributed by atoms with E-state index >= 15 is 0 Å². The van der Waals surface area contributed by atoms with Crippen LogP contribution in [0.4, 0.5) is 0 Å². The van der Waals surface area contributed by atoms with E-state index in [0.29, 0.717) is 11.5 Å². The van der Waals surface area contributed by atoms with E-state index in [4.69, 9.17) is 4.74 Å². The van der Waals surface area contributed by atoms with E-state index < -0.39 is 0 Å². The minimum atomic E-state index is 0.568. The lowest BCUT2D eigenvalue weighted by molar-refractivity contribution is 0.396. The molecule has 14 heavy (non-hydrogen) atoms. The van der Waals surface area contributed by atoms with Crippen LogP contribution in [0.25, 0.3) is 11.2 Å². The van der Waals surface area contributed by atoms with Crippen LogP contribution in [-0.2, 0) is 6.54 Å². The van der Waals surface area contributed by atoms with Gasteiger partial charge in [-0.05, 0) is 28.9 Å². The molecule has 0 spiro atoms. The lowest BCUT2D eigenvalue weighted by Crippen LogP contribution is -1.93. The van der Waals surface area contributed by atoms with Gasteiger partial charge in [-0.25, -0.2) is 4.98 Å². The molecule has 0 N–H and O–H groups in total. The minimum Gasteiger partial charge on any atom is -0.480 e. The zero-order valence-electron chi connectivity index (χ0n) is 7.99. The van der Waals surface area contributed by atoms with Crippen molar-refractivity contribution in [3.05, 3.63) is 16.9 Å². The molecular formula is C9H10BrN3O. The fourth-order valence-electron chi connectivity index (χ4n) is 1.34. The molecule has 0 radical (unpaired) electrons. The Bertz CT molecular complexity index is 466. The van der Waals surface area contributed by atoms with Crippen molar-refractivity contribution in [2.75, 3.05) is 7.11 Å². The smallest absolute Gasteiger partial charge is 0.229 e. The Morgan fingerprint density at radius 2 is 2.36 bits per heavy atom. The van der Waals surface area contributed by atoms with Gasteiger partial charge in [0.15, 0.2) is 5.65 Å². The summed E-state index contributed by atoms with van der Waals surface area (Å²) in [6.07, 6.45) is 1.78.